The van der Waals surface area contributed by atoms with E-state index in [9.17, 15) is 18.0 Å². The van der Waals surface area contributed by atoms with Crippen LogP contribution >= 0.6 is 15.9 Å². The number of alkyl halides is 3. The summed E-state index contributed by atoms with van der Waals surface area (Å²) in [7, 11) is 0. The summed E-state index contributed by atoms with van der Waals surface area (Å²) in [5.41, 5.74) is 2.15. The van der Waals surface area contributed by atoms with E-state index >= 15 is 0 Å². The number of carbonyl (C=O) groups is 1. The van der Waals surface area contributed by atoms with Crippen molar-refractivity contribution in [2.24, 2.45) is 5.92 Å². The zero-order chi connectivity index (χ0) is 19.5. The van der Waals surface area contributed by atoms with Crippen LogP contribution in [-0.2, 0) is 22.8 Å². The number of aryl methyl sites for hydroxylation is 1. The van der Waals surface area contributed by atoms with Crippen molar-refractivity contribution in [1.82, 2.24) is 19.6 Å². The molecule has 144 valence electrons. The van der Waals surface area contributed by atoms with Crippen LogP contribution in [-0.4, -0.2) is 38.3 Å². The topological polar surface area (TPSA) is 74.0 Å². The largest absolute Gasteiger partial charge is 0.411 e. The predicted octanol–water partition coefficient (Wildman–Crippen LogP) is 3.27. The summed E-state index contributed by atoms with van der Waals surface area (Å²) in [4.78, 5) is 12.3. The zero-order valence-electron chi connectivity index (χ0n) is 14.5. The van der Waals surface area contributed by atoms with Gasteiger partial charge in [-0.3, -0.25) is 9.48 Å². The zero-order valence-corrected chi connectivity index (χ0v) is 16.1. The lowest BCUT2D eigenvalue weighted by molar-refractivity contribution is -0.182. The van der Waals surface area contributed by atoms with E-state index in [4.69, 9.17) is 0 Å². The van der Waals surface area contributed by atoms with Gasteiger partial charge in [0.2, 0.25) is 5.91 Å². The van der Waals surface area contributed by atoms with Crippen molar-refractivity contribution < 1.29 is 22.7 Å². The number of hydrogen-bond donors (Lipinski definition) is 1. The highest BCUT2D eigenvalue weighted by Gasteiger charge is 2.27. The van der Waals surface area contributed by atoms with E-state index < -0.39 is 12.8 Å². The van der Waals surface area contributed by atoms with Crippen molar-refractivity contribution in [3.05, 3.63) is 28.3 Å². The molecule has 1 N–H and O–H groups in total. The lowest BCUT2D eigenvalue weighted by atomic mass is 10.1. The number of anilines is 1. The van der Waals surface area contributed by atoms with E-state index in [1.807, 2.05) is 13.8 Å². The first-order valence-corrected chi connectivity index (χ1v) is 8.53. The van der Waals surface area contributed by atoms with Crippen LogP contribution in [0.15, 0.2) is 16.9 Å². The maximum absolute atomic E-state index is 12.3. The molecule has 0 aliphatic rings. The molecule has 1 amide bonds. The molecule has 2 aromatic heterocycles. The molecule has 2 aromatic rings. The van der Waals surface area contributed by atoms with Gasteiger partial charge >= 0.3 is 6.18 Å². The maximum Gasteiger partial charge on any atom is 0.411 e. The molecule has 0 saturated carbocycles. The van der Waals surface area contributed by atoms with Crippen molar-refractivity contribution in [2.45, 2.75) is 40.2 Å². The molecule has 0 aliphatic heterocycles. The van der Waals surface area contributed by atoms with Gasteiger partial charge in [0.05, 0.1) is 40.7 Å². The Kier molecular flexibility index (Phi) is 6.45. The third-order valence-electron chi connectivity index (χ3n) is 3.58. The Bertz CT molecular complexity index is 772. The number of carbonyl (C=O) groups excluding carboxylic acids is 1. The molecule has 2 heterocycles. The summed E-state index contributed by atoms with van der Waals surface area (Å²) >= 11 is 3.44. The van der Waals surface area contributed by atoms with E-state index in [1.165, 1.54) is 17.1 Å². The molecule has 0 radical (unpaired) electrons. The predicted molar refractivity (Wildman–Crippen MR) is 91.4 cm³/mol. The Hall–Kier alpha value is -1.88. The fraction of sp³-hybridized carbons (Fsp3) is 0.533. The number of ether oxygens (including phenoxy) is 1. The van der Waals surface area contributed by atoms with E-state index in [2.05, 4.69) is 36.2 Å². The molecule has 0 aliphatic carbocycles. The van der Waals surface area contributed by atoms with Gasteiger partial charge < -0.3 is 10.1 Å². The third-order valence-corrected chi connectivity index (χ3v) is 4.73. The Labute approximate surface area is 156 Å². The quantitative estimate of drug-likeness (QED) is 0.721. The Morgan fingerprint density at radius 1 is 1.42 bits per heavy atom. The van der Waals surface area contributed by atoms with Gasteiger partial charge in [-0.25, -0.2) is 4.68 Å². The summed E-state index contributed by atoms with van der Waals surface area (Å²) in [6.45, 7) is 4.21. The Morgan fingerprint density at radius 2 is 2.12 bits per heavy atom. The summed E-state index contributed by atoms with van der Waals surface area (Å²) in [6.07, 6.45) is -1.64. The molecule has 0 aromatic carbocycles. The molecule has 0 bridgehead atoms. The van der Waals surface area contributed by atoms with Gasteiger partial charge in [-0.2, -0.15) is 23.4 Å². The number of rotatable bonds is 7. The number of aromatic nitrogens is 4. The molecular formula is C15H19BrF3N5O2. The smallest absolute Gasteiger partial charge is 0.350 e. The molecule has 2 rings (SSSR count). The first-order valence-electron chi connectivity index (χ1n) is 7.74. The fourth-order valence-electron chi connectivity index (χ4n) is 2.21. The molecule has 0 saturated heterocycles. The molecule has 0 fully saturated rings. The van der Waals surface area contributed by atoms with Crippen LogP contribution in [0.4, 0.5) is 18.9 Å². The average molecular weight is 438 g/mol. The van der Waals surface area contributed by atoms with E-state index in [0.29, 0.717) is 12.2 Å². The van der Waals surface area contributed by atoms with Crippen LogP contribution in [0.5, 0.6) is 0 Å². The van der Waals surface area contributed by atoms with Crippen molar-refractivity contribution in [3.8, 4) is 0 Å². The van der Waals surface area contributed by atoms with Crippen LogP contribution in [0.1, 0.15) is 18.3 Å². The van der Waals surface area contributed by atoms with Gasteiger partial charge in [0, 0.05) is 5.69 Å². The number of halogens is 4. The molecule has 1 atom stereocenters. The molecule has 0 spiro atoms. The highest BCUT2D eigenvalue weighted by Crippen LogP contribution is 2.21. The van der Waals surface area contributed by atoms with Gasteiger partial charge in [0.15, 0.2) is 0 Å². The second-order valence-corrected chi connectivity index (χ2v) is 6.71. The fourth-order valence-corrected chi connectivity index (χ4v) is 2.50. The minimum atomic E-state index is -4.39. The standard InChI is InChI=1S/C15H19BrF3N5O2/c1-9(5-24-11(3)13(16)10(2)22-24)14(25)21-12-4-20-23(6-12)8-26-7-15(17,18)19/h4,6,9H,5,7-8H2,1-3H3,(H,21,25). The van der Waals surface area contributed by atoms with Crippen molar-refractivity contribution in [1.29, 1.82) is 0 Å². The summed E-state index contributed by atoms with van der Waals surface area (Å²) in [6, 6.07) is 0. The molecule has 26 heavy (non-hydrogen) atoms. The lowest BCUT2D eigenvalue weighted by Crippen LogP contribution is -2.25. The van der Waals surface area contributed by atoms with E-state index in [1.54, 1.807) is 11.6 Å². The van der Waals surface area contributed by atoms with Crippen LogP contribution < -0.4 is 5.32 Å². The second-order valence-electron chi connectivity index (χ2n) is 5.92. The normalized spacial score (nSPS) is 13.0. The summed E-state index contributed by atoms with van der Waals surface area (Å²) < 4.78 is 44.4. The van der Waals surface area contributed by atoms with Gasteiger partial charge in [-0.1, -0.05) is 6.92 Å². The van der Waals surface area contributed by atoms with E-state index in [0.717, 1.165) is 15.9 Å². The molecule has 11 heteroatoms. The SMILES string of the molecule is Cc1nn(CC(C)C(=O)Nc2cnn(COCC(F)(F)F)c2)c(C)c1Br. The van der Waals surface area contributed by atoms with Gasteiger partial charge in [0.1, 0.15) is 13.3 Å². The minimum Gasteiger partial charge on any atom is -0.350 e. The first-order chi connectivity index (χ1) is 12.1. The lowest BCUT2D eigenvalue weighted by Gasteiger charge is -2.12. The third kappa shape index (κ3) is 5.56. The first kappa shape index (κ1) is 20.4. The van der Waals surface area contributed by atoms with Gasteiger partial charge in [-0.05, 0) is 29.8 Å². The second kappa shape index (κ2) is 8.21. The summed E-state index contributed by atoms with van der Waals surface area (Å²) in [5, 5.41) is 10.9. The maximum atomic E-state index is 12.3. The Morgan fingerprint density at radius 3 is 2.69 bits per heavy atom. The molecule has 1 unspecified atom stereocenters. The van der Waals surface area contributed by atoms with Crippen LogP contribution in [0.25, 0.3) is 0 Å². The Balaban J connectivity index is 1.88. The van der Waals surface area contributed by atoms with Gasteiger partial charge in [-0.15, -0.1) is 0 Å². The highest BCUT2D eigenvalue weighted by atomic mass is 79.9. The van der Waals surface area contributed by atoms with E-state index in [-0.39, 0.29) is 18.6 Å². The van der Waals surface area contributed by atoms with Crippen LogP contribution in [0, 0.1) is 19.8 Å². The minimum absolute atomic E-state index is 0.246. The highest BCUT2D eigenvalue weighted by molar-refractivity contribution is 9.10. The number of amides is 1. The summed E-state index contributed by atoms with van der Waals surface area (Å²) in [5.74, 6) is -0.617. The van der Waals surface area contributed by atoms with Crippen molar-refractivity contribution in [2.75, 3.05) is 11.9 Å². The number of hydrogen-bond acceptors (Lipinski definition) is 4. The van der Waals surface area contributed by atoms with Crippen molar-refractivity contribution in [3.63, 3.8) is 0 Å². The van der Waals surface area contributed by atoms with Crippen LogP contribution in [0.3, 0.4) is 0 Å². The number of nitrogens with one attached hydrogen (secondary N) is 1. The number of nitrogens with zero attached hydrogens (tertiary/aromatic N) is 4. The molecular weight excluding hydrogens is 419 g/mol. The van der Waals surface area contributed by atoms with Gasteiger partial charge in [0.25, 0.3) is 0 Å². The van der Waals surface area contributed by atoms with Crippen molar-refractivity contribution >= 4 is 27.5 Å². The van der Waals surface area contributed by atoms with Crippen LogP contribution in [0.2, 0.25) is 0 Å². The molecule has 7 nitrogen and oxygen atoms in total. The monoisotopic (exact) mass is 437 g/mol. The average Bonchev–Trinajstić information content (AvgIpc) is 3.07.